The molecular weight excluding hydrogens is 368 g/mol. The van der Waals surface area contributed by atoms with Crippen molar-refractivity contribution in [3.63, 3.8) is 0 Å². The summed E-state index contributed by atoms with van der Waals surface area (Å²) in [6, 6.07) is 20.0. The first kappa shape index (κ1) is 20.2. The molecule has 1 heterocycles. The first-order valence-electron chi connectivity index (χ1n) is 9.32. The lowest BCUT2D eigenvalue weighted by Crippen LogP contribution is -2.30. The summed E-state index contributed by atoms with van der Waals surface area (Å²) in [6.07, 6.45) is 2.06. The zero-order chi connectivity index (χ0) is 19.9. The van der Waals surface area contributed by atoms with E-state index in [2.05, 4.69) is 52.8 Å². The molecule has 3 rings (SSSR count). The highest BCUT2D eigenvalue weighted by molar-refractivity contribution is 7.98. The number of thioether (sulfide) groups is 1. The number of rotatable bonds is 8. The van der Waals surface area contributed by atoms with Crippen LogP contribution >= 0.6 is 11.8 Å². The molecule has 28 heavy (non-hydrogen) atoms. The number of hydrogen-bond donors (Lipinski definition) is 3. The van der Waals surface area contributed by atoms with Crippen LogP contribution in [0, 0.1) is 5.92 Å². The minimum atomic E-state index is -0.112. The minimum absolute atomic E-state index is 0.0229. The lowest BCUT2D eigenvalue weighted by atomic mass is 10.1. The van der Waals surface area contributed by atoms with Crippen molar-refractivity contribution in [3.8, 4) is 11.3 Å². The molecule has 0 fully saturated rings. The minimum Gasteiger partial charge on any atom is -0.394 e. The number of hydrogen-bond acceptors (Lipinski definition) is 6. The van der Waals surface area contributed by atoms with Gasteiger partial charge in [0.1, 0.15) is 5.82 Å². The van der Waals surface area contributed by atoms with E-state index in [1.54, 1.807) is 11.8 Å². The van der Waals surface area contributed by atoms with Crippen LogP contribution in [0.1, 0.15) is 13.8 Å². The van der Waals surface area contributed by atoms with Gasteiger partial charge >= 0.3 is 0 Å². The van der Waals surface area contributed by atoms with Crippen LogP contribution in [0.4, 0.5) is 17.5 Å². The Morgan fingerprint density at radius 3 is 2.46 bits per heavy atom. The van der Waals surface area contributed by atoms with Crippen LogP contribution < -0.4 is 10.6 Å². The van der Waals surface area contributed by atoms with Gasteiger partial charge in [0.2, 0.25) is 5.95 Å². The van der Waals surface area contributed by atoms with Gasteiger partial charge in [0.25, 0.3) is 0 Å². The molecule has 0 saturated heterocycles. The summed E-state index contributed by atoms with van der Waals surface area (Å²) < 4.78 is 0. The van der Waals surface area contributed by atoms with E-state index in [0.29, 0.717) is 11.8 Å². The Morgan fingerprint density at radius 2 is 1.79 bits per heavy atom. The Morgan fingerprint density at radius 1 is 1.00 bits per heavy atom. The SMILES string of the molecule is CSc1cccc(Nc2cc(-c3ccccc3)nc(N[C@@H](CO)C(C)C)n2)c1. The van der Waals surface area contributed by atoms with E-state index in [1.165, 1.54) is 4.90 Å². The molecule has 6 heteroatoms. The highest BCUT2D eigenvalue weighted by atomic mass is 32.2. The third kappa shape index (κ3) is 5.24. The molecule has 0 aliphatic carbocycles. The van der Waals surface area contributed by atoms with Crippen molar-refractivity contribution in [3.05, 3.63) is 60.7 Å². The Hall–Kier alpha value is -2.57. The van der Waals surface area contributed by atoms with E-state index in [4.69, 9.17) is 0 Å². The molecule has 0 amide bonds. The molecule has 0 saturated carbocycles. The van der Waals surface area contributed by atoms with Gasteiger partial charge in [-0.05, 0) is 30.4 Å². The van der Waals surface area contributed by atoms with E-state index >= 15 is 0 Å². The number of nitrogens with one attached hydrogen (secondary N) is 2. The second kappa shape index (κ2) is 9.57. The van der Waals surface area contributed by atoms with Gasteiger partial charge in [-0.3, -0.25) is 0 Å². The maximum atomic E-state index is 9.67. The van der Waals surface area contributed by atoms with Crippen molar-refractivity contribution in [2.75, 3.05) is 23.5 Å². The average Bonchev–Trinajstić information content (AvgIpc) is 2.72. The Bertz CT molecular complexity index is 902. The summed E-state index contributed by atoms with van der Waals surface area (Å²) in [5.74, 6) is 1.45. The molecule has 0 unspecified atom stereocenters. The fourth-order valence-electron chi connectivity index (χ4n) is 2.77. The fourth-order valence-corrected chi connectivity index (χ4v) is 3.23. The molecule has 0 radical (unpaired) electrons. The summed E-state index contributed by atoms with van der Waals surface area (Å²) in [4.78, 5) is 10.5. The van der Waals surface area contributed by atoms with Crippen LogP contribution in [-0.4, -0.2) is 34.0 Å². The third-order valence-corrected chi connectivity index (χ3v) is 5.18. The lowest BCUT2D eigenvalue weighted by molar-refractivity contribution is 0.248. The van der Waals surface area contributed by atoms with E-state index < -0.39 is 0 Å². The first-order chi connectivity index (χ1) is 13.6. The third-order valence-electron chi connectivity index (χ3n) is 4.45. The number of nitrogens with zero attached hydrogens (tertiary/aromatic N) is 2. The van der Waals surface area contributed by atoms with Crippen molar-refractivity contribution in [1.29, 1.82) is 0 Å². The van der Waals surface area contributed by atoms with Crippen LogP contribution in [-0.2, 0) is 0 Å². The molecule has 0 aliphatic heterocycles. The van der Waals surface area contributed by atoms with Gasteiger partial charge in [-0.25, -0.2) is 4.98 Å². The van der Waals surface area contributed by atoms with Gasteiger partial charge in [0, 0.05) is 22.2 Å². The van der Waals surface area contributed by atoms with Crippen LogP contribution in [0.3, 0.4) is 0 Å². The highest BCUT2D eigenvalue weighted by Crippen LogP contribution is 2.26. The van der Waals surface area contributed by atoms with Crippen LogP contribution in [0.2, 0.25) is 0 Å². The van der Waals surface area contributed by atoms with E-state index in [0.717, 1.165) is 16.9 Å². The predicted molar refractivity (Wildman–Crippen MR) is 118 cm³/mol. The van der Waals surface area contributed by atoms with E-state index in [9.17, 15) is 5.11 Å². The Labute approximate surface area is 170 Å². The molecule has 0 bridgehead atoms. The molecule has 146 valence electrons. The predicted octanol–water partition coefficient (Wildman–Crippen LogP) is 5.04. The molecule has 1 atom stereocenters. The molecule has 3 aromatic rings. The second-order valence-electron chi connectivity index (χ2n) is 6.86. The molecular formula is C22H26N4OS. The van der Waals surface area contributed by atoms with Crippen molar-refractivity contribution in [2.24, 2.45) is 5.92 Å². The van der Waals surface area contributed by atoms with Crippen molar-refractivity contribution < 1.29 is 5.11 Å². The number of aliphatic hydroxyl groups excluding tert-OH is 1. The number of aromatic nitrogens is 2. The largest absolute Gasteiger partial charge is 0.394 e. The Balaban J connectivity index is 1.96. The summed E-state index contributed by atoms with van der Waals surface area (Å²) in [7, 11) is 0. The number of anilines is 3. The van der Waals surface area contributed by atoms with Gasteiger partial charge < -0.3 is 15.7 Å². The molecule has 0 spiro atoms. The van der Waals surface area contributed by atoms with Crippen molar-refractivity contribution >= 4 is 29.2 Å². The summed E-state index contributed by atoms with van der Waals surface area (Å²) >= 11 is 1.70. The zero-order valence-electron chi connectivity index (χ0n) is 16.4. The van der Waals surface area contributed by atoms with Gasteiger partial charge in [-0.15, -0.1) is 11.8 Å². The van der Waals surface area contributed by atoms with E-state index in [1.807, 2.05) is 48.5 Å². The molecule has 1 aromatic heterocycles. The van der Waals surface area contributed by atoms with Crippen LogP contribution in [0.15, 0.2) is 65.6 Å². The molecule has 5 nitrogen and oxygen atoms in total. The first-order valence-corrected chi connectivity index (χ1v) is 10.5. The number of aliphatic hydroxyl groups is 1. The van der Waals surface area contributed by atoms with Gasteiger partial charge in [-0.2, -0.15) is 4.98 Å². The second-order valence-corrected chi connectivity index (χ2v) is 7.74. The summed E-state index contributed by atoms with van der Waals surface area (Å²) in [6.45, 7) is 4.14. The van der Waals surface area contributed by atoms with Gasteiger partial charge in [-0.1, -0.05) is 50.2 Å². The van der Waals surface area contributed by atoms with Crippen molar-refractivity contribution in [2.45, 2.75) is 24.8 Å². The smallest absolute Gasteiger partial charge is 0.225 e. The summed E-state index contributed by atoms with van der Waals surface area (Å²) in [5.41, 5.74) is 2.80. The standard InChI is InChI=1S/C22H26N4OS/c1-15(2)20(14-27)25-22-24-19(16-8-5-4-6-9-16)13-21(26-22)23-17-10-7-11-18(12-17)28-3/h4-13,15,20,27H,14H2,1-3H3,(H2,23,24,25,26)/t20-/m0/s1. The lowest BCUT2D eigenvalue weighted by Gasteiger charge is -2.20. The average molecular weight is 395 g/mol. The monoisotopic (exact) mass is 394 g/mol. The zero-order valence-corrected chi connectivity index (χ0v) is 17.2. The van der Waals surface area contributed by atoms with Crippen LogP contribution in [0.5, 0.6) is 0 Å². The molecule has 2 aromatic carbocycles. The maximum Gasteiger partial charge on any atom is 0.225 e. The topological polar surface area (TPSA) is 70.1 Å². The molecule has 0 aliphatic rings. The normalized spacial score (nSPS) is 12.0. The fraction of sp³-hybridized carbons (Fsp3) is 0.273. The Kier molecular flexibility index (Phi) is 6.90. The highest BCUT2D eigenvalue weighted by Gasteiger charge is 2.15. The summed E-state index contributed by atoms with van der Waals surface area (Å²) in [5, 5.41) is 16.3. The van der Waals surface area contributed by atoms with Gasteiger partial charge in [0.15, 0.2) is 0 Å². The van der Waals surface area contributed by atoms with Crippen LogP contribution in [0.25, 0.3) is 11.3 Å². The molecule has 3 N–H and O–H groups in total. The number of benzene rings is 2. The van der Waals surface area contributed by atoms with Crippen molar-refractivity contribution in [1.82, 2.24) is 9.97 Å². The van der Waals surface area contributed by atoms with E-state index in [-0.39, 0.29) is 18.6 Å². The maximum absolute atomic E-state index is 9.67. The van der Waals surface area contributed by atoms with Gasteiger partial charge in [0.05, 0.1) is 18.3 Å². The quantitative estimate of drug-likeness (QED) is 0.465.